The van der Waals surface area contributed by atoms with Crippen LogP contribution in [0.2, 0.25) is 5.02 Å². The number of piperidine rings is 2. The molecule has 1 amide bonds. The molecular formula is C34H45ClN4O4. The Kier molecular flexibility index (Phi) is 11.0. The number of ether oxygens (including phenoxy) is 2. The van der Waals surface area contributed by atoms with E-state index >= 15 is 0 Å². The van der Waals surface area contributed by atoms with Crippen molar-refractivity contribution in [2.75, 3.05) is 52.5 Å². The van der Waals surface area contributed by atoms with Crippen molar-refractivity contribution in [3.8, 4) is 16.9 Å². The number of hydrogen-bond acceptors (Lipinski definition) is 6. The van der Waals surface area contributed by atoms with Crippen molar-refractivity contribution in [1.29, 1.82) is 0 Å². The molecule has 9 heteroatoms. The van der Waals surface area contributed by atoms with Gasteiger partial charge in [-0.2, -0.15) is 0 Å². The van der Waals surface area contributed by atoms with E-state index in [1.165, 1.54) is 19.4 Å². The minimum Gasteiger partial charge on any atom is -0.492 e. The average molecular weight is 609 g/mol. The highest BCUT2D eigenvalue weighted by atomic mass is 35.5. The molecule has 2 fully saturated rings. The third-order valence-corrected chi connectivity index (χ3v) is 8.86. The summed E-state index contributed by atoms with van der Waals surface area (Å²) in [6, 6.07) is 11.4. The van der Waals surface area contributed by atoms with Gasteiger partial charge in [-0.3, -0.25) is 4.79 Å². The second-order valence-electron chi connectivity index (χ2n) is 12.4. The van der Waals surface area contributed by atoms with Gasteiger partial charge in [-0.15, -0.1) is 0 Å². The molecule has 2 aromatic carbocycles. The van der Waals surface area contributed by atoms with Crippen molar-refractivity contribution in [2.24, 2.45) is 17.8 Å². The lowest BCUT2D eigenvalue weighted by Crippen LogP contribution is -2.41. The van der Waals surface area contributed by atoms with Crippen LogP contribution in [0.25, 0.3) is 22.0 Å². The van der Waals surface area contributed by atoms with E-state index in [1.54, 1.807) is 6.20 Å². The molecule has 3 aromatic rings. The monoisotopic (exact) mass is 608 g/mol. The molecule has 2 saturated heterocycles. The quantitative estimate of drug-likeness (QED) is 0.175. The molecule has 2 aliphatic heterocycles. The summed E-state index contributed by atoms with van der Waals surface area (Å²) in [7, 11) is 0. The van der Waals surface area contributed by atoms with Crippen LogP contribution >= 0.6 is 11.6 Å². The lowest BCUT2D eigenvalue weighted by molar-refractivity contribution is -0.122. The molecular weight excluding hydrogens is 564 g/mol. The number of carbonyl (C=O) groups excluding carboxylic acids is 2. The lowest BCUT2D eigenvalue weighted by atomic mass is 9.91. The summed E-state index contributed by atoms with van der Waals surface area (Å²) in [6.45, 7) is 11.0. The largest absolute Gasteiger partial charge is 0.492 e. The maximum Gasteiger partial charge on any atom is 0.340 e. The molecule has 3 N–H and O–H groups in total. The van der Waals surface area contributed by atoms with Gasteiger partial charge in [-0.25, -0.2) is 4.79 Å². The first kappa shape index (κ1) is 31.4. The van der Waals surface area contributed by atoms with Crippen LogP contribution in [-0.2, 0) is 9.53 Å². The van der Waals surface area contributed by atoms with Crippen LogP contribution in [0.3, 0.4) is 0 Å². The van der Waals surface area contributed by atoms with Crippen LogP contribution in [0.5, 0.6) is 5.75 Å². The normalized spacial score (nSPS) is 16.9. The molecule has 0 aliphatic carbocycles. The molecule has 0 unspecified atom stereocenters. The zero-order valence-corrected chi connectivity index (χ0v) is 26.2. The summed E-state index contributed by atoms with van der Waals surface area (Å²) in [5, 5.41) is 7.82. The smallest absolute Gasteiger partial charge is 0.340 e. The zero-order chi connectivity index (χ0) is 30.2. The Balaban J connectivity index is 1.05. The summed E-state index contributed by atoms with van der Waals surface area (Å²) >= 11 is 6.61. The number of benzene rings is 2. The predicted octanol–water partition coefficient (Wildman–Crippen LogP) is 5.90. The van der Waals surface area contributed by atoms with E-state index in [1.807, 2.05) is 50.2 Å². The number of fused-ring (bicyclic) bond motifs is 1. The number of esters is 1. The molecule has 2 aliphatic rings. The number of carbonyl (C=O) groups is 2. The van der Waals surface area contributed by atoms with E-state index in [9.17, 15) is 9.59 Å². The Morgan fingerprint density at radius 3 is 2.51 bits per heavy atom. The van der Waals surface area contributed by atoms with Crippen LogP contribution in [0.1, 0.15) is 56.3 Å². The zero-order valence-electron chi connectivity index (χ0n) is 25.4. The number of nitrogens with zero attached hydrogens (tertiary/aromatic N) is 1. The summed E-state index contributed by atoms with van der Waals surface area (Å²) in [6.07, 6.45) is 7.04. The fourth-order valence-electron chi connectivity index (χ4n) is 6.08. The Morgan fingerprint density at radius 2 is 1.79 bits per heavy atom. The standard InChI is InChI=1S/C34H45ClN4O4/c1-23(2)22-43-34(41)30-20-38-32-19-31(35)28(18-29(30)32)26-3-5-27(6-4-26)42-16-13-37-33(40)17-24-9-14-39(15-10-24)21-25-7-11-36-12-8-25/h3-6,18-20,23-25,36,38H,7-17,21-22H2,1-2H3,(H,37,40). The molecule has 1 aromatic heterocycles. The highest BCUT2D eigenvalue weighted by molar-refractivity contribution is 6.34. The second-order valence-corrected chi connectivity index (χ2v) is 12.8. The van der Waals surface area contributed by atoms with Crippen LogP contribution in [0.15, 0.2) is 42.6 Å². The van der Waals surface area contributed by atoms with Crippen LogP contribution < -0.4 is 15.4 Å². The molecule has 0 saturated carbocycles. The van der Waals surface area contributed by atoms with Gasteiger partial charge in [0.15, 0.2) is 0 Å². The Morgan fingerprint density at radius 1 is 1.05 bits per heavy atom. The SMILES string of the molecule is CC(C)COC(=O)c1c[nH]c2cc(Cl)c(-c3ccc(OCCNC(=O)CC4CCN(CC5CCNCC5)CC4)cc3)cc12. The molecule has 0 spiro atoms. The fraction of sp³-hybridized carbons (Fsp3) is 0.529. The van der Waals surface area contributed by atoms with Crippen molar-refractivity contribution in [3.05, 3.63) is 53.2 Å². The summed E-state index contributed by atoms with van der Waals surface area (Å²) in [5.41, 5.74) is 3.01. The van der Waals surface area contributed by atoms with Gasteiger partial charge >= 0.3 is 5.97 Å². The van der Waals surface area contributed by atoms with E-state index in [0.717, 1.165) is 72.7 Å². The molecule has 3 heterocycles. The Labute approximate surface area is 259 Å². The van der Waals surface area contributed by atoms with E-state index < -0.39 is 0 Å². The third kappa shape index (κ3) is 8.74. The van der Waals surface area contributed by atoms with E-state index in [0.29, 0.717) is 42.7 Å². The van der Waals surface area contributed by atoms with Gasteiger partial charge in [-0.05, 0) is 99.4 Å². The summed E-state index contributed by atoms with van der Waals surface area (Å²) in [5.74, 6) is 2.03. The number of nitrogens with one attached hydrogen (secondary N) is 3. The van der Waals surface area contributed by atoms with Crippen LogP contribution in [0, 0.1) is 17.8 Å². The second kappa shape index (κ2) is 15.1. The highest BCUT2D eigenvalue weighted by Gasteiger charge is 2.24. The van der Waals surface area contributed by atoms with Crippen LogP contribution in [-0.4, -0.2) is 74.2 Å². The Bertz CT molecular complexity index is 1360. The number of H-pyrrole nitrogens is 1. The maximum atomic E-state index is 12.6. The molecule has 0 radical (unpaired) electrons. The number of amides is 1. The van der Waals surface area contributed by atoms with Crippen molar-refractivity contribution >= 4 is 34.4 Å². The third-order valence-electron chi connectivity index (χ3n) is 8.55. The molecule has 43 heavy (non-hydrogen) atoms. The van der Waals surface area contributed by atoms with Crippen molar-refractivity contribution < 1.29 is 19.1 Å². The number of likely N-dealkylation sites (tertiary alicyclic amines) is 1. The minimum atomic E-state index is -0.350. The average Bonchev–Trinajstić information content (AvgIpc) is 3.42. The summed E-state index contributed by atoms with van der Waals surface area (Å²) < 4.78 is 11.3. The molecule has 5 rings (SSSR count). The molecule has 232 valence electrons. The first-order chi connectivity index (χ1) is 20.9. The predicted molar refractivity (Wildman–Crippen MR) is 172 cm³/mol. The van der Waals surface area contributed by atoms with Gasteiger partial charge in [0, 0.05) is 35.6 Å². The van der Waals surface area contributed by atoms with E-state index in [2.05, 4.69) is 20.5 Å². The maximum absolute atomic E-state index is 12.6. The van der Waals surface area contributed by atoms with Gasteiger partial charge in [-0.1, -0.05) is 37.6 Å². The summed E-state index contributed by atoms with van der Waals surface area (Å²) in [4.78, 5) is 30.9. The number of hydrogen-bond donors (Lipinski definition) is 3. The number of aromatic nitrogens is 1. The van der Waals surface area contributed by atoms with Crippen molar-refractivity contribution in [2.45, 2.75) is 46.0 Å². The lowest BCUT2D eigenvalue weighted by Gasteiger charge is -2.35. The number of rotatable bonds is 12. The van der Waals surface area contributed by atoms with Crippen LogP contribution in [0.4, 0.5) is 0 Å². The molecule has 0 bridgehead atoms. The first-order valence-corrected chi connectivity index (χ1v) is 16.1. The van der Waals surface area contributed by atoms with Crippen molar-refractivity contribution in [3.63, 3.8) is 0 Å². The van der Waals surface area contributed by atoms with Gasteiger partial charge in [0.2, 0.25) is 5.91 Å². The van der Waals surface area contributed by atoms with E-state index in [4.69, 9.17) is 21.1 Å². The van der Waals surface area contributed by atoms with Gasteiger partial charge in [0.1, 0.15) is 12.4 Å². The highest BCUT2D eigenvalue weighted by Crippen LogP contribution is 2.34. The Hall–Kier alpha value is -3.07. The van der Waals surface area contributed by atoms with Gasteiger partial charge < -0.3 is 30.0 Å². The molecule has 8 nitrogen and oxygen atoms in total. The molecule has 0 atom stereocenters. The van der Waals surface area contributed by atoms with E-state index in [-0.39, 0.29) is 17.8 Å². The van der Waals surface area contributed by atoms with Crippen molar-refractivity contribution in [1.82, 2.24) is 20.5 Å². The first-order valence-electron chi connectivity index (χ1n) is 15.8. The fourth-order valence-corrected chi connectivity index (χ4v) is 6.35. The van der Waals surface area contributed by atoms with Gasteiger partial charge in [0.25, 0.3) is 0 Å². The minimum absolute atomic E-state index is 0.109. The number of halogens is 1. The topological polar surface area (TPSA) is 95.7 Å². The van der Waals surface area contributed by atoms with Gasteiger partial charge in [0.05, 0.1) is 23.7 Å². The number of aromatic amines is 1.